The van der Waals surface area contributed by atoms with Crippen LogP contribution in [-0.2, 0) is 14.5 Å². The van der Waals surface area contributed by atoms with Crippen LogP contribution in [0.25, 0.3) is 0 Å². The highest BCUT2D eigenvalue weighted by Gasteiger charge is 2.56. The Bertz CT molecular complexity index is 1590. The quantitative estimate of drug-likeness (QED) is 0.227. The SMILES string of the molecule is CCOC(=O)C1=NN(c2ccc(Br)cc2)[C@]2(S1)c1ccccc1C(c1ccc(C)cc1)=NN2c1ccccc1. The number of aryl methyl sites for hydroxylation is 1. The van der Waals surface area contributed by atoms with Crippen molar-refractivity contribution in [2.45, 2.75) is 18.8 Å². The van der Waals surface area contributed by atoms with Crippen LogP contribution in [0.3, 0.4) is 0 Å². The zero-order valence-corrected chi connectivity index (χ0v) is 23.8. The van der Waals surface area contributed by atoms with Crippen LogP contribution in [0.15, 0.2) is 118 Å². The number of carbonyl (C=O) groups is 1. The first-order valence-corrected chi connectivity index (χ1v) is 14.2. The van der Waals surface area contributed by atoms with Gasteiger partial charge in [-0.2, -0.15) is 10.2 Å². The van der Waals surface area contributed by atoms with Gasteiger partial charge in [0.05, 0.1) is 23.7 Å². The maximum Gasteiger partial charge on any atom is 0.365 e. The topological polar surface area (TPSA) is 57.5 Å². The van der Waals surface area contributed by atoms with E-state index in [-0.39, 0.29) is 11.7 Å². The average molecular weight is 598 g/mol. The number of halogens is 1. The van der Waals surface area contributed by atoms with Crippen molar-refractivity contribution in [2.24, 2.45) is 10.2 Å². The van der Waals surface area contributed by atoms with E-state index in [1.54, 1.807) is 6.92 Å². The van der Waals surface area contributed by atoms with Crippen LogP contribution in [-0.4, -0.2) is 23.3 Å². The largest absolute Gasteiger partial charge is 0.461 e. The smallest absolute Gasteiger partial charge is 0.365 e. The zero-order valence-electron chi connectivity index (χ0n) is 21.4. The highest BCUT2D eigenvalue weighted by molar-refractivity contribution is 9.10. The van der Waals surface area contributed by atoms with Crippen molar-refractivity contribution < 1.29 is 9.53 Å². The molecule has 2 heterocycles. The molecule has 6 nitrogen and oxygen atoms in total. The number of nitrogens with zero attached hydrogens (tertiary/aromatic N) is 4. The summed E-state index contributed by atoms with van der Waals surface area (Å²) >= 11 is 4.89. The molecule has 0 radical (unpaired) electrons. The van der Waals surface area contributed by atoms with Gasteiger partial charge in [-0.1, -0.05) is 88.2 Å². The van der Waals surface area contributed by atoms with E-state index >= 15 is 0 Å². The number of carbonyl (C=O) groups excluding carboxylic acids is 1. The van der Waals surface area contributed by atoms with Gasteiger partial charge in [0.15, 0.2) is 0 Å². The molecule has 194 valence electrons. The van der Waals surface area contributed by atoms with Crippen molar-refractivity contribution in [1.29, 1.82) is 0 Å². The van der Waals surface area contributed by atoms with Crippen LogP contribution in [0.5, 0.6) is 0 Å². The Hall–Kier alpha value is -3.88. The Morgan fingerprint density at radius 2 is 1.49 bits per heavy atom. The van der Waals surface area contributed by atoms with Gasteiger partial charge < -0.3 is 4.74 Å². The van der Waals surface area contributed by atoms with Crippen LogP contribution in [0.2, 0.25) is 0 Å². The molecule has 1 atom stereocenters. The summed E-state index contributed by atoms with van der Waals surface area (Å²) in [7, 11) is 0. The van der Waals surface area contributed by atoms with E-state index in [0.29, 0.717) is 0 Å². The summed E-state index contributed by atoms with van der Waals surface area (Å²) in [4.78, 5) is 12.1. The van der Waals surface area contributed by atoms with Gasteiger partial charge >= 0.3 is 5.97 Å². The van der Waals surface area contributed by atoms with Gasteiger partial charge in [-0.3, -0.25) is 0 Å². The number of hydrogen-bond donors (Lipinski definition) is 0. The van der Waals surface area contributed by atoms with Gasteiger partial charge in [-0.05, 0) is 62.0 Å². The lowest BCUT2D eigenvalue weighted by Gasteiger charge is -2.47. The molecule has 6 rings (SSSR count). The van der Waals surface area contributed by atoms with Crippen LogP contribution in [0.4, 0.5) is 11.4 Å². The predicted octanol–water partition coefficient (Wildman–Crippen LogP) is 7.27. The maximum absolute atomic E-state index is 13.1. The first-order valence-electron chi connectivity index (χ1n) is 12.6. The molecule has 0 N–H and O–H groups in total. The van der Waals surface area contributed by atoms with Gasteiger partial charge in [0.2, 0.25) is 10.0 Å². The molecule has 8 heteroatoms. The number of benzene rings is 4. The van der Waals surface area contributed by atoms with Crippen molar-refractivity contribution in [2.75, 3.05) is 16.6 Å². The molecular weight excluding hydrogens is 572 g/mol. The minimum Gasteiger partial charge on any atom is -0.461 e. The fourth-order valence-corrected chi connectivity index (χ4v) is 6.34. The molecule has 4 aromatic carbocycles. The number of anilines is 2. The Balaban J connectivity index is 1.64. The summed E-state index contributed by atoms with van der Waals surface area (Å²) in [6.07, 6.45) is 0. The number of para-hydroxylation sites is 1. The van der Waals surface area contributed by atoms with Crippen LogP contribution in [0, 0.1) is 6.92 Å². The van der Waals surface area contributed by atoms with Crippen LogP contribution in [0.1, 0.15) is 29.2 Å². The fourth-order valence-electron chi connectivity index (χ4n) is 4.79. The summed E-state index contributed by atoms with van der Waals surface area (Å²) in [6, 6.07) is 34.5. The summed E-state index contributed by atoms with van der Waals surface area (Å²) in [5, 5.41) is 14.3. The molecule has 0 bridgehead atoms. The molecule has 0 unspecified atom stereocenters. The third-order valence-corrected chi connectivity index (χ3v) is 8.40. The van der Waals surface area contributed by atoms with Crippen molar-refractivity contribution in [3.8, 4) is 0 Å². The molecule has 2 aliphatic rings. The molecule has 0 aliphatic carbocycles. The summed E-state index contributed by atoms with van der Waals surface area (Å²) < 4.78 is 6.36. The third-order valence-electron chi connectivity index (χ3n) is 6.58. The summed E-state index contributed by atoms with van der Waals surface area (Å²) in [5.41, 5.74) is 6.66. The van der Waals surface area contributed by atoms with E-state index in [0.717, 1.165) is 38.2 Å². The van der Waals surface area contributed by atoms with Crippen molar-refractivity contribution >= 4 is 55.8 Å². The zero-order chi connectivity index (χ0) is 27.0. The van der Waals surface area contributed by atoms with E-state index < -0.39 is 11.0 Å². The maximum atomic E-state index is 13.1. The van der Waals surface area contributed by atoms with Crippen molar-refractivity contribution in [3.05, 3.63) is 130 Å². The van der Waals surface area contributed by atoms with Crippen molar-refractivity contribution in [3.63, 3.8) is 0 Å². The van der Waals surface area contributed by atoms with Gasteiger partial charge in [0.25, 0.3) is 0 Å². The molecule has 0 fully saturated rings. The molecular formula is C31H25BrN4O2S. The van der Waals surface area contributed by atoms with E-state index in [2.05, 4.69) is 59.3 Å². The first kappa shape index (κ1) is 25.4. The number of hydrogen-bond acceptors (Lipinski definition) is 7. The molecule has 0 saturated carbocycles. The molecule has 0 saturated heterocycles. The van der Waals surface area contributed by atoms with E-state index in [1.165, 1.54) is 17.3 Å². The molecule has 2 aliphatic heterocycles. The third kappa shape index (κ3) is 4.43. The molecule has 39 heavy (non-hydrogen) atoms. The molecule has 0 aromatic heterocycles. The standard InChI is InChI=1S/C31H25BrN4O2S/c1-3-38-30(37)29-34-36(25-19-17-23(32)18-20-25)31(39-29)27-12-8-7-11-26(27)28(22-15-13-21(2)14-16-22)33-35(31)24-9-5-4-6-10-24/h4-20H,3H2,1-2H3/t31-/m0/s1. The van der Waals surface area contributed by atoms with Gasteiger partial charge in [0, 0.05) is 21.2 Å². The van der Waals surface area contributed by atoms with Gasteiger partial charge in [-0.25, -0.2) is 14.8 Å². The minimum absolute atomic E-state index is 0.262. The fraction of sp³-hybridized carbons (Fsp3) is 0.129. The van der Waals surface area contributed by atoms with Crippen LogP contribution < -0.4 is 10.0 Å². The lowest BCUT2D eigenvalue weighted by Crippen LogP contribution is -2.54. The summed E-state index contributed by atoms with van der Waals surface area (Å²) in [6.45, 7) is 4.13. The second-order valence-corrected chi connectivity index (χ2v) is 11.2. The number of esters is 1. The molecule has 4 aromatic rings. The first-order chi connectivity index (χ1) is 19.0. The number of fused-ring (bicyclic) bond motifs is 2. The Morgan fingerprint density at radius 1 is 0.846 bits per heavy atom. The highest BCUT2D eigenvalue weighted by Crippen LogP contribution is 2.55. The van der Waals surface area contributed by atoms with E-state index in [9.17, 15) is 4.79 Å². The second kappa shape index (κ2) is 10.4. The lowest BCUT2D eigenvalue weighted by atomic mass is 9.93. The Labute approximate surface area is 240 Å². The summed E-state index contributed by atoms with van der Waals surface area (Å²) in [5.74, 6) is -0.458. The number of hydrazone groups is 2. The van der Waals surface area contributed by atoms with E-state index in [1.807, 2.05) is 76.7 Å². The van der Waals surface area contributed by atoms with Crippen molar-refractivity contribution in [1.82, 2.24) is 0 Å². The molecule has 0 amide bonds. The number of rotatable bonds is 5. The lowest BCUT2D eigenvalue weighted by molar-refractivity contribution is -0.134. The van der Waals surface area contributed by atoms with E-state index in [4.69, 9.17) is 14.9 Å². The number of thioether (sulfide) groups is 1. The normalized spacial score (nSPS) is 18.0. The minimum atomic E-state index is -1.03. The number of ether oxygens (including phenoxy) is 1. The predicted molar refractivity (Wildman–Crippen MR) is 162 cm³/mol. The van der Waals surface area contributed by atoms with Gasteiger partial charge in [0.1, 0.15) is 0 Å². The van der Waals surface area contributed by atoms with Crippen LogP contribution >= 0.6 is 27.7 Å². The Morgan fingerprint density at radius 3 is 2.21 bits per heavy atom. The van der Waals surface area contributed by atoms with Gasteiger partial charge in [-0.15, -0.1) is 0 Å². The Kier molecular flexibility index (Phi) is 6.74. The second-order valence-electron chi connectivity index (χ2n) is 9.13. The average Bonchev–Trinajstić information content (AvgIpc) is 3.36. The highest BCUT2D eigenvalue weighted by atomic mass is 79.9. The molecule has 1 spiro atoms. The monoisotopic (exact) mass is 596 g/mol.